The fraction of sp³-hybridized carbons (Fsp3) is 0.160. The Morgan fingerprint density at radius 2 is 1.63 bits per heavy atom. The summed E-state index contributed by atoms with van der Waals surface area (Å²) in [4.78, 5) is 26.2. The van der Waals surface area contributed by atoms with Gasteiger partial charge in [0.15, 0.2) is 5.69 Å². The van der Waals surface area contributed by atoms with E-state index in [1.165, 1.54) is 10.2 Å². The first-order valence-corrected chi connectivity index (χ1v) is 10.1. The van der Waals surface area contributed by atoms with Crippen LogP contribution in [0, 0.1) is 0 Å². The Kier molecular flexibility index (Phi) is 4.64. The summed E-state index contributed by atoms with van der Waals surface area (Å²) >= 11 is 0. The molecule has 5 rings (SSSR count). The molecular weight excluding hydrogens is 374 g/mol. The number of aromatic nitrogens is 2. The molecule has 148 valence electrons. The van der Waals surface area contributed by atoms with E-state index in [4.69, 9.17) is 0 Å². The van der Waals surface area contributed by atoms with E-state index in [1.54, 1.807) is 12.1 Å². The van der Waals surface area contributed by atoms with Gasteiger partial charge in [0, 0.05) is 5.39 Å². The van der Waals surface area contributed by atoms with Gasteiger partial charge in [-0.25, -0.2) is 4.68 Å². The van der Waals surface area contributed by atoms with Gasteiger partial charge in [0.25, 0.3) is 11.5 Å². The Morgan fingerprint density at radius 3 is 2.47 bits per heavy atom. The van der Waals surface area contributed by atoms with E-state index in [-0.39, 0.29) is 23.2 Å². The standard InChI is InChI=1S/C25H21N3O2/c29-24(26-22-15-14-18-10-4-5-11-19(18)22)23-20-12-6-7-13-21(20)25(30)28(27-23)16-17-8-2-1-3-9-17/h1-13,22H,14-16H2,(H,26,29). The summed E-state index contributed by atoms with van der Waals surface area (Å²) in [5, 5.41) is 8.70. The first-order chi connectivity index (χ1) is 14.7. The molecule has 0 saturated carbocycles. The van der Waals surface area contributed by atoms with Gasteiger partial charge in [-0.05, 0) is 35.6 Å². The van der Waals surface area contributed by atoms with Crippen LogP contribution in [-0.4, -0.2) is 15.7 Å². The zero-order valence-electron chi connectivity index (χ0n) is 16.4. The minimum atomic E-state index is -0.255. The molecule has 1 atom stereocenters. The molecule has 30 heavy (non-hydrogen) atoms. The lowest BCUT2D eigenvalue weighted by atomic mass is 10.1. The van der Waals surface area contributed by atoms with Crippen LogP contribution in [0.1, 0.15) is 39.6 Å². The zero-order valence-corrected chi connectivity index (χ0v) is 16.4. The number of benzene rings is 3. The molecule has 1 amide bonds. The van der Waals surface area contributed by atoms with Crippen LogP contribution in [0.5, 0.6) is 0 Å². The summed E-state index contributed by atoms with van der Waals surface area (Å²) in [5.41, 5.74) is 3.48. The minimum Gasteiger partial charge on any atom is -0.344 e. The van der Waals surface area contributed by atoms with Crippen molar-refractivity contribution in [2.75, 3.05) is 0 Å². The third kappa shape index (κ3) is 3.28. The highest BCUT2D eigenvalue weighted by atomic mass is 16.2. The van der Waals surface area contributed by atoms with Gasteiger partial charge in [-0.2, -0.15) is 5.10 Å². The lowest BCUT2D eigenvalue weighted by Crippen LogP contribution is -2.32. The van der Waals surface area contributed by atoms with E-state index in [0.29, 0.717) is 17.3 Å². The summed E-state index contributed by atoms with van der Waals surface area (Å²) in [6.07, 6.45) is 1.81. The number of nitrogens with zero attached hydrogens (tertiary/aromatic N) is 2. The van der Waals surface area contributed by atoms with Crippen LogP contribution in [0.3, 0.4) is 0 Å². The molecule has 0 bridgehead atoms. The maximum atomic E-state index is 13.3. The molecule has 3 aromatic carbocycles. The van der Waals surface area contributed by atoms with Crippen LogP contribution in [-0.2, 0) is 13.0 Å². The molecule has 1 aliphatic rings. The van der Waals surface area contributed by atoms with Crippen molar-refractivity contribution in [1.29, 1.82) is 0 Å². The van der Waals surface area contributed by atoms with Gasteiger partial charge in [-0.3, -0.25) is 9.59 Å². The summed E-state index contributed by atoms with van der Waals surface area (Å²) < 4.78 is 1.38. The summed E-state index contributed by atoms with van der Waals surface area (Å²) in [5.74, 6) is -0.255. The van der Waals surface area contributed by atoms with Crippen molar-refractivity contribution in [2.24, 2.45) is 0 Å². The number of amides is 1. The smallest absolute Gasteiger partial charge is 0.274 e. The van der Waals surface area contributed by atoms with Crippen molar-refractivity contribution in [3.8, 4) is 0 Å². The molecule has 0 radical (unpaired) electrons. The van der Waals surface area contributed by atoms with Crippen LogP contribution in [0.2, 0.25) is 0 Å². The normalized spacial score (nSPS) is 15.1. The summed E-state index contributed by atoms with van der Waals surface area (Å²) in [6.45, 7) is 0.317. The molecule has 0 spiro atoms. The number of rotatable bonds is 4. The average Bonchev–Trinajstić information content (AvgIpc) is 3.19. The fourth-order valence-electron chi connectivity index (χ4n) is 4.20. The van der Waals surface area contributed by atoms with Crippen molar-refractivity contribution in [3.05, 3.63) is 112 Å². The molecular formula is C25H21N3O2. The van der Waals surface area contributed by atoms with Crippen molar-refractivity contribution in [1.82, 2.24) is 15.1 Å². The zero-order chi connectivity index (χ0) is 20.5. The minimum absolute atomic E-state index is 0.0382. The second-order valence-electron chi connectivity index (χ2n) is 7.61. The number of aryl methyl sites for hydroxylation is 1. The summed E-state index contributed by atoms with van der Waals surface area (Å²) in [6, 6.07) is 25.0. The highest BCUT2D eigenvalue weighted by Gasteiger charge is 2.25. The van der Waals surface area contributed by atoms with Gasteiger partial charge in [0.2, 0.25) is 0 Å². The highest BCUT2D eigenvalue weighted by molar-refractivity contribution is 6.04. The SMILES string of the molecule is O=C(NC1CCc2ccccc21)c1nn(Cc2ccccc2)c(=O)c2ccccc12. The van der Waals surface area contributed by atoms with E-state index in [2.05, 4.69) is 22.5 Å². The topological polar surface area (TPSA) is 64.0 Å². The first-order valence-electron chi connectivity index (χ1n) is 10.1. The largest absolute Gasteiger partial charge is 0.344 e. The van der Waals surface area contributed by atoms with Crippen molar-refractivity contribution in [2.45, 2.75) is 25.4 Å². The van der Waals surface area contributed by atoms with Crippen molar-refractivity contribution in [3.63, 3.8) is 0 Å². The van der Waals surface area contributed by atoms with Gasteiger partial charge in [0.05, 0.1) is 18.0 Å². The molecule has 0 fully saturated rings. The molecule has 1 aromatic heterocycles. The Hall–Kier alpha value is -3.73. The van der Waals surface area contributed by atoms with Crippen LogP contribution >= 0.6 is 0 Å². The number of hydrogen-bond acceptors (Lipinski definition) is 3. The fourth-order valence-corrected chi connectivity index (χ4v) is 4.20. The Morgan fingerprint density at radius 1 is 0.933 bits per heavy atom. The maximum absolute atomic E-state index is 13.3. The maximum Gasteiger partial charge on any atom is 0.274 e. The monoisotopic (exact) mass is 395 g/mol. The molecule has 1 aliphatic carbocycles. The second-order valence-corrected chi connectivity index (χ2v) is 7.61. The molecule has 1 unspecified atom stereocenters. The molecule has 0 saturated heterocycles. The molecule has 5 nitrogen and oxygen atoms in total. The number of nitrogens with one attached hydrogen (secondary N) is 1. The van der Waals surface area contributed by atoms with Crippen molar-refractivity contribution < 1.29 is 4.79 Å². The van der Waals surface area contributed by atoms with E-state index in [1.807, 2.05) is 54.6 Å². The molecule has 0 aliphatic heterocycles. The highest BCUT2D eigenvalue weighted by Crippen LogP contribution is 2.31. The van der Waals surface area contributed by atoms with Gasteiger partial charge in [-0.1, -0.05) is 72.8 Å². The average molecular weight is 395 g/mol. The van der Waals surface area contributed by atoms with E-state index in [0.717, 1.165) is 24.0 Å². The lowest BCUT2D eigenvalue weighted by Gasteiger charge is -2.16. The van der Waals surface area contributed by atoms with Crippen LogP contribution in [0.15, 0.2) is 83.7 Å². The molecule has 4 aromatic rings. The number of hydrogen-bond donors (Lipinski definition) is 1. The quantitative estimate of drug-likeness (QED) is 0.571. The number of carbonyl (C=O) groups is 1. The predicted octanol–water partition coefficient (Wildman–Crippen LogP) is 3.86. The van der Waals surface area contributed by atoms with E-state index in [9.17, 15) is 9.59 Å². The van der Waals surface area contributed by atoms with Gasteiger partial charge >= 0.3 is 0 Å². The summed E-state index contributed by atoms with van der Waals surface area (Å²) in [7, 11) is 0. The Bertz CT molecular complexity index is 1290. The van der Waals surface area contributed by atoms with Gasteiger partial charge in [0.1, 0.15) is 0 Å². The van der Waals surface area contributed by atoms with E-state index < -0.39 is 0 Å². The van der Waals surface area contributed by atoms with Crippen LogP contribution in [0.4, 0.5) is 0 Å². The molecule has 5 heteroatoms. The first kappa shape index (κ1) is 18.3. The second kappa shape index (κ2) is 7.59. The third-order valence-electron chi connectivity index (χ3n) is 5.70. The third-order valence-corrected chi connectivity index (χ3v) is 5.70. The van der Waals surface area contributed by atoms with Crippen LogP contribution in [0.25, 0.3) is 10.8 Å². The van der Waals surface area contributed by atoms with Crippen molar-refractivity contribution >= 4 is 16.7 Å². The Balaban J connectivity index is 1.54. The Labute approximate surface area is 174 Å². The number of fused-ring (bicyclic) bond motifs is 2. The number of carbonyl (C=O) groups excluding carboxylic acids is 1. The van der Waals surface area contributed by atoms with Gasteiger partial charge in [-0.15, -0.1) is 0 Å². The lowest BCUT2D eigenvalue weighted by molar-refractivity contribution is 0.0931. The molecule has 1 N–H and O–H groups in total. The van der Waals surface area contributed by atoms with Gasteiger partial charge < -0.3 is 5.32 Å². The van der Waals surface area contributed by atoms with E-state index >= 15 is 0 Å². The van der Waals surface area contributed by atoms with Crippen LogP contribution < -0.4 is 10.9 Å². The molecule has 1 heterocycles. The predicted molar refractivity (Wildman–Crippen MR) is 117 cm³/mol.